The molecule has 0 aliphatic rings. The summed E-state index contributed by atoms with van der Waals surface area (Å²) in [6.07, 6.45) is 3.94. The molecule has 0 fully saturated rings. The molecule has 0 heterocycles. The Morgan fingerprint density at radius 3 is 1.54 bits per heavy atom. The molecule has 0 N–H and O–H groups in total. The quantitative estimate of drug-likeness (QED) is 0.263. The van der Waals surface area contributed by atoms with E-state index in [1.165, 1.54) is 10.0 Å². The van der Waals surface area contributed by atoms with Gasteiger partial charge in [0, 0.05) is 0 Å². The molecule has 0 nitrogen and oxygen atoms in total. The van der Waals surface area contributed by atoms with E-state index < -0.39 is 16.1 Å². The standard InChI is InChI=1S/C21H45ISi2/c1-16(14-17(2)22)19(24(12,13)21(7,8)9)15-18(3)23(10,11)20(4,5)6/h14,16,18-19H,15H2,1-13H3/b17-14-/t16-,18-,19-/m1/s1. The minimum absolute atomic E-state index is 0.450. The van der Waals surface area contributed by atoms with Gasteiger partial charge in [-0.25, -0.2) is 0 Å². The summed E-state index contributed by atoms with van der Waals surface area (Å²) in [6, 6.07) is 0. The molecule has 3 heteroatoms. The summed E-state index contributed by atoms with van der Waals surface area (Å²) in [5.74, 6) is 0.690. The zero-order chi connectivity index (χ0) is 19.7. The van der Waals surface area contributed by atoms with Gasteiger partial charge in [0.05, 0.1) is 16.1 Å². The first kappa shape index (κ1) is 24.9. The SMILES string of the molecule is C/C(I)=C/[C@@H](C)[C@@H](C[C@@H](C)[Si](C)(C)C(C)(C)C)[Si](C)(C)C(C)(C)C. The molecule has 0 rings (SSSR count). The molecule has 0 bridgehead atoms. The van der Waals surface area contributed by atoms with Crippen LogP contribution in [0, 0.1) is 5.92 Å². The average Bonchev–Trinajstić information content (AvgIpc) is 2.31. The van der Waals surface area contributed by atoms with Gasteiger partial charge in [-0.2, -0.15) is 0 Å². The van der Waals surface area contributed by atoms with Crippen molar-refractivity contribution in [2.75, 3.05) is 0 Å². The van der Waals surface area contributed by atoms with Gasteiger partial charge in [-0.15, -0.1) is 0 Å². The zero-order valence-corrected chi connectivity index (χ0v) is 23.1. The lowest BCUT2D eigenvalue weighted by Gasteiger charge is -2.49. The van der Waals surface area contributed by atoms with E-state index in [2.05, 4.69) is 117 Å². The highest BCUT2D eigenvalue weighted by Crippen LogP contribution is 2.54. The van der Waals surface area contributed by atoms with Crippen LogP contribution in [0.3, 0.4) is 0 Å². The van der Waals surface area contributed by atoms with Crippen molar-refractivity contribution < 1.29 is 0 Å². The van der Waals surface area contributed by atoms with Gasteiger partial charge in [-0.05, 0) is 60.2 Å². The summed E-state index contributed by atoms with van der Waals surface area (Å²) < 4.78 is 1.45. The molecule has 0 saturated heterocycles. The van der Waals surface area contributed by atoms with Gasteiger partial charge in [-0.1, -0.05) is 94.1 Å². The van der Waals surface area contributed by atoms with E-state index in [0.29, 0.717) is 16.0 Å². The molecule has 144 valence electrons. The van der Waals surface area contributed by atoms with Crippen LogP contribution in [0.25, 0.3) is 0 Å². The molecule has 0 aliphatic heterocycles. The number of rotatable bonds is 6. The van der Waals surface area contributed by atoms with Crippen molar-refractivity contribution in [3.63, 3.8) is 0 Å². The Kier molecular flexibility index (Phi) is 8.60. The lowest BCUT2D eigenvalue weighted by molar-refractivity contribution is 0.531. The van der Waals surface area contributed by atoms with Crippen LogP contribution >= 0.6 is 22.6 Å². The second-order valence-corrected chi connectivity index (χ2v) is 24.6. The highest BCUT2D eigenvalue weighted by atomic mass is 127. The molecule has 0 saturated carbocycles. The Balaban J connectivity index is 5.80. The van der Waals surface area contributed by atoms with Gasteiger partial charge in [0.2, 0.25) is 0 Å². The largest absolute Gasteiger partial charge is 0.0727 e. The van der Waals surface area contributed by atoms with Gasteiger partial charge in [0.25, 0.3) is 0 Å². The van der Waals surface area contributed by atoms with Crippen molar-refractivity contribution in [2.45, 2.75) is 116 Å². The fourth-order valence-electron chi connectivity index (χ4n) is 3.62. The topological polar surface area (TPSA) is 0 Å². The van der Waals surface area contributed by atoms with E-state index in [1.54, 1.807) is 0 Å². The van der Waals surface area contributed by atoms with Crippen molar-refractivity contribution in [1.29, 1.82) is 0 Å². The maximum atomic E-state index is 2.64. The minimum Gasteiger partial charge on any atom is -0.0727 e. The summed E-state index contributed by atoms with van der Waals surface area (Å²) in [4.78, 5) is 0. The maximum absolute atomic E-state index is 2.64. The Morgan fingerprint density at radius 1 is 0.875 bits per heavy atom. The average molecular weight is 481 g/mol. The van der Waals surface area contributed by atoms with Crippen LogP contribution in [0.1, 0.15) is 68.7 Å². The Labute approximate surface area is 169 Å². The summed E-state index contributed by atoms with van der Waals surface area (Å²) in [5.41, 5.74) is 1.72. The fourth-order valence-corrected chi connectivity index (χ4v) is 10.2. The third-order valence-electron chi connectivity index (χ3n) is 7.76. The molecule has 0 amide bonds. The van der Waals surface area contributed by atoms with Crippen LogP contribution in [-0.2, 0) is 0 Å². The van der Waals surface area contributed by atoms with Crippen LogP contribution < -0.4 is 0 Å². The Hall–Kier alpha value is 0.904. The summed E-state index contributed by atoms with van der Waals surface area (Å²) in [5, 5.41) is 0.925. The molecule has 0 unspecified atom stereocenters. The summed E-state index contributed by atoms with van der Waals surface area (Å²) >= 11 is 2.49. The predicted molar refractivity (Wildman–Crippen MR) is 129 cm³/mol. The van der Waals surface area contributed by atoms with Crippen LogP contribution in [0.4, 0.5) is 0 Å². The lowest BCUT2D eigenvalue weighted by atomic mass is 10.0. The third kappa shape index (κ3) is 5.97. The maximum Gasteiger partial charge on any atom is 0.0564 e. The van der Waals surface area contributed by atoms with Gasteiger partial charge in [0.1, 0.15) is 0 Å². The molecular weight excluding hydrogens is 435 g/mol. The van der Waals surface area contributed by atoms with Crippen LogP contribution in [0.5, 0.6) is 0 Å². The van der Waals surface area contributed by atoms with E-state index >= 15 is 0 Å². The molecule has 24 heavy (non-hydrogen) atoms. The van der Waals surface area contributed by atoms with Crippen molar-refractivity contribution in [1.82, 2.24) is 0 Å². The van der Waals surface area contributed by atoms with Crippen molar-refractivity contribution in [2.24, 2.45) is 5.92 Å². The van der Waals surface area contributed by atoms with Gasteiger partial charge in [0.15, 0.2) is 0 Å². The predicted octanol–water partition coefficient (Wildman–Crippen LogP) is 9.13. The van der Waals surface area contributed by atoms with Crippen LogP contribution in [0.2, 0.25) is 47.3 Å². The highest BCUT2D eigenvalue weighted by molar-refractivity contribution is 14.1. The normalized spacial score (nSPS) is 19.2. The smallest absolute Gasteiger partial charge is 0.0564 e. The number of halogens is 1. The fraction of sp³-hybridized carbons (Fsp3) is 0.905. The number of allylic oxidation sites excluding steroid dienone is 2. The second kappa shape index (κ2) is 8.29. The van der Waals surface area contributed by atoms with E-state index in [9.17, 15) is 0 Å². The van der Waals surface area contributed by atoms with Gasteiger partial charge >= 0.3 is 0 Å². The zero-order valence-electron chi connectivity index (χ0n) is 18.9. The molecule has 0 aromatic heterocycles. The summed E-state index contributed by atoms with van der Waals surface area (Å²) in [6.45, 7) is 32.7. The van der Waals surface area contributed by atoms with Gasteiger partial charge < -0.3 is 0 Å². The summed E-state index contributed by atoms with van der Waals surface area (Å²) in [7, 11) is -2.69. The van der Waals surface area contributed by atoms with E-state index in [0.717, 1.165) is 11.1 Å². The minimum atomic E-state index is -1.39. The van der Waals surface area contributed by atoms with Crippen molar-refractivity contribution >= 4 is 38.7 Å². The van der Waals surface area contributed by atoms with Crippen LogP contribution in [-0.4, -0.2) is 16.1 Å². The van der Waals surface area contributed by atoms with Crippen LogP contribution in [0.15, 0.2) is 9.66 Å². The molecule has 0 aromatic rings. The molecule has 0 aliphatic carbocycles. The Morgan fingerprint density at radius 2 is 1.25 bits per heavy atom. The third-order valence-corrected chi connectivity index (χ3v) is 21.2. The monoisotopic (exact) mass is 480 g/mol. The first-order chi connectivity index (χ1) is 10.4. The molecule has 0 aromatic carbocycles. The van der Waals surface area contributed by atoms with E-state index in [1.807, 2.05) is 0 Å². The van der Waals surface area contributed by atoms with Gasteiger partial charge in [-0.3, -0.25) is 0 Å². The molecular formula is C21H45ISi2. The first-order valence-electron chi connectivity index (χ1n) is 9.69. The first-order valence-corrected chi connectivity index (χ1v) is 16.9. The lowest BCUT2D eigenvalue weighted by Crippen LogP contribution is -2.47. The van der Waals surface area contributed by atoms with Crippen molar-refractivity contribution in [3.05, 3.63) is 9.66 Å². The molecule has 0 spiro atoms. The van der Waals surface area contributed by atoms with E-state index in [4.69, 9.17) is 0 Å². The Bertz CT molecular complexity index is 432. The second-order valence-electron chi connectivity index (χ2n) is 11.3. The number of hydrogen-bond acceptors (Lipinski definition) is 0. The molecule has 3 atom stereocenters. The number of hydrogen-bond donors (Lipinski definition) is 0. The molecule has 0 radical (unpaired) electrons. The van der Waals surface area contributed by atoms with Crippen molar-refractivity contribution in [3.8, 4) is 0 Å². The highest BCUT2D eigenvalue weighted by Gasteiger charge is 2.47. The van der Waals surface area contributed by atoms with E-state index in [-0.39, 0.29) is 0 Å².